The molecule has 8 nitrogen and oxygen atoms in total. The van der Waals surface area contributed by atoms with Gasteiger partial charge in [-0.25, -0.2) is 13.4 Å². The van der Waals surface area contributed by atoms with Crippen LogP contribution in [0.2, 0.25) is 0 Å². The Hall–Kier alpha value is -2.30. The molecule has 2 heterocycles. The number of nitrogens with one attached hydrogen (secondary N) is 1. The number of hydrogen-bond acceptors (Lipinski definition) is 7. The van der Waals surface area contributed by atoms with E-state index in [1.165, 1.54) is 16.2 Å². The van der Waals surface area contributed by atoms with Gasteiger partial charge in [-0.15, -0.1) is 11.3 Å². The molecule has 0 unspecified atom stereocenters. The zero-order valence-corrected chi connectivity index (χ0v) is 22.7. The van der Waals surface area contributed by atoms with Gasteiger partial charge in [-0.3, -0.25) is 14.5 Å². The second kappa shape index (κ2) is 11.0. The van der Waals surface area contributed by atoms with Gasteiger partial charge in [-0.1, -0.05) is 32.9 Å². The Bertz CT molecular complexity index is 1200. The summed E-state index contributed by atoms with van der Waals surface area (Å²) < 4.78 is 24.0. The fourth-order valence-electron chi connectivity index (χ4n) is 5.39. The van der Waals surface area contributed by atoms with Crippen LogP contribution in [-0.2, 0) is 32.4 Å². The summed E-state index contributed by atoms with van der Waals surface area (Å²) in [6.07, 6.45) is 3.56. The number of thiazole rings is 1. The van der Waals surface area contributed by atoms with Gasteiger partial charge in [0.15, 0.2) is 15.0 Å². The molecule has 1 atom stereocenters. The van der Waals surface area contributed by atoms with Crippen LogP contribution in [0.25, 0.3) is 0 Å². The Morgan fingerprint density at radius 3 is 2.42 bits per heavy atom. The molecular weight excluding hydrogens is 498 g/mol. The number of sulfone groups is 1. The maximum atomic E-state index is 12.6. The Morgan fingerprint density at radius 1 is 1.17 bits per heavy atom. The lowest BCUT2D eigenvalue weighted by Crippen LogP contribution is -2.33. The smallest absolute Gasteiger partial charge is 0.306 e. The highest BCUT2D eigenvalue weighted by Crippen LogP contribution is 2.43. The van der Waals surface area contributed by atoms with Gasteiger partial charge in [0.25, 0.3) is 0 Å². The number of anilines is 1. The third-order valence-electron chi connectivity index (χ3n) is 7.34. The van der Waals surface area contributed by atoms with Gasteiger partial charge in [0, 0.05) is 18.0 Å². The van der Waals surface area contributed by atoms with E-state index in [0.717, 1.165) is 50.0 Å². The molecule has 1 aromatic carbocycles. The monoisotopic (exact) mass is 533 g/mol. The van der Waals surface area contributed by atoms with Crippen molar-refractivity contribution in [3.63, 3.8) is 0 Å². The topological polar surface area (TPSA) is 117 Å². The van der Waals surface area contributed by atoms with Gasteiger partial charge in [0.2, 0.25) is 5.91 Å². The van der Waals surface area contributed by atoms with Gasteiger partial charge >= 0.3 is 5.97 Å². The zero-order valence-electron chi connectivity index (χ0n) is 21.1. The third-order valence-corrected chi connectivity index (χ3v) is 10.1. The van der Waals surface area contributed by atoms with E-state index in [1.807, 2.05) is 0 Å². The Balaban J connectivity index is 1.36. The highest BCUT2D eigenvalue weighted by atomic mass is 32.2. The standard InChI is InChI=1S/C26H35N3O5S2/c1-4-36(33,34)20-11-7-17(8-12-20)13-22(30)27-26-28-23-21(35-26)15-29(24(23)16(2)3)14-18-5-9-19(10-6-18)25(31)32/h7-8,11-12,16,18-19,24H,4-6,9-10,13-15H2,1-3H3,(H,31,32)(H,27,28,30)/t18?,19?,24-/m0/s1. The second-order valence-electron chi connectivity index (χ2n) is 10.3. The molecule has 2 aromatic rings. The molecule has 196 valence electrons. The first-order chi connectivity index (χ1) is 17.1. The molecule has 2 N–H and O–H groups in total. The predicted molar refractivity (Wildman–Crippen MR) is 140 cm³/mol. The Labute approximate surface area is 217 Å². The number of benzene rings is 1. The minimum absolute atomic E-state index is 0.0438. The molecule has 1 amide bonds. The summed E-state index contributed by atoms with van der Waals surface area (Å²) in [7, 11) is -3.26. The Kier molecular flexibility index (Phi) is 8.16. The van der Waals surface area contributed by atoms with Crippen molar-refractivity contribution >= 4 is 38.2 Å². The third kappa shape index (κ3) is 5.98. The Morgan fingerprint density at radius 2 is 1.83 bits per heavy atom. The minimum Gasteiger partial charge on any atom is -0.481 e. The van der Waals surface area contributed by atoms with Crippen LogP contribution in [0.4, 0.5) is 5.13 Å². The second-order valence-corrected chi connectivity index (χ2v) is 13.6. The number of aromatic nitrogens is 1. The lowest BCUT2D eigenvalue weighted by Gasteiger charge is -2.34. The number of carboxylic acids is 1. The summed E-state index contributed by atoms with van der Waals surface area (Å²) in [5.74, 6) is -0.127. The normalized spacial score (nSPS) is 22.5. The number of fused-ring (bicyclic) bond motifs is 1. The molecule has 0 saturated heterocycles. The summed E-state index contributed by atoms with van der Waals surface area (Å²) in [6.45, 7) is 7.74. The molecule has 1 aliphatic carbocycles. The minimum atomic E-state index is -3.26. The maximum Gasteiger partial charge on any atom is 0.306 e. The SMILES string of the molecule is CCS(=O)(=O)c1ccc(CC(=O)Nc2nc3c(s2)CN(CC2CCC(C(=O)O)CC2)[C@H]3C(C)C)cc1. The predicted octanol–water partition coefficient (Wildman–Crippen LogP) is 4.52. The highest BCUT2D eigenvalue weighted by molar-refractivity contribution is 7.91. The molecule has 0 bridgehead atoms. The number of aliphatic carboxylic acids is 1. The molecule has 10 heteroatoms. The van der Waals surface area contributed by atoms with Crippen molar-refractivity contribution in [1.29, 1.82) is 0 Å². The molecule has 36 heavy (non-hydrogen) atoms. The molecule has 0 radical (unpaired) electrons. The van der Waals surface area contributed by atoms with Crippen LogP contribution in [0.1, 0.15) is 68.6 Å². The first kappa shape index (κ1) is 26.8. The quantitative estimate of drug-likeness (QED) is 0.487. The molecule has 1 aliphatic heterocycles. The van der Waals surface area contributed by atoms with Crippen molar-refractivity contribution < 1.29 is 23.1 Å². The van der Waals surface area contributed by atoms with Gasteiger partial charge in [-0.2, -0.15) is 0 Å². The molecule has 1 aromatic heterocycles. The zero-order chi connectivity index (χ0) is 26.0. The molecule has 4 rings (SSSR count). The van der Waals surface area contributed by atoms with Crippen LogP contribution in [0.3, 0.4) is 0 Å². The van der Waals surface area contributed by atoms with Gasteiger partial charge < -0.3 is 10.4 Å². The molecule has 1 saturated carbocycles. The first-order valence-corrected chi connectivity index (χ1v) is 15.1. The molecule has 2 aliphatic rings. The van der Waals surface area contributed by atoms with Gasteiger partial charge in [0.1, 0.15) is 0 Å². The fourth-order valence-corrected chi connectivity index (χ4v) is 7.31. The van der Waals surface area contributed by atoms with Gasteiger partial charge in [-0.05, 0) is 55.2 Å². The largest absolute Gasteiger partial charge is 0.481 e. The van der Waals surface area contributed by atoms with E-state index in [-0.39, 0.29) is 34.9 Å². The van der Waals surface area contributed by atoms with E-state index in [1.54, 1.807) is 31.2 Å². The summed E-state index contributed by atoms with van der Waals surface area (Å²) in [6, 6.07) is 6.65. The van der Waals surface area contributed by atoms with Crippen LogP contribution in [0.15, 0.2) is 29.2 Å². The van der Waals surface area contributed by atoms with Crippen molar-refractivity contribution in [3.05, 3.63) is 40.4 Å². The number of amides is 1. The van der Waals surface area contributed by atoms with Crippen LogP contribution in [-0.4, -0.2) is 47.6 Å². The number of carboxylic acid groups (broad SMARTS) is 1. The van der Waals surface area contributed by atoms with E-state index >= 15 is 0 Å². The van der Waals surface area contributed by atoms with E-state index in [2.05, 4.69) is 24.1 Å². The van der Waals surface area contributed by atoms with Crippen LogP contribution < -0.4 is 5.32 Å². The molecular formula is C26H35N3O5S2. The average molecular weight is 534 g/mol. The van der Waals surface area contributed by atoms with Crippen LogP contribution in [0.5, 0.6) is 0 Å². The first-order valence-electron chi connectivity index (χ1n) is 12.6. The number of rotatable bonds is 9. The van der Waals surface area contributed by atoms with Crippen molar-refractivity contribution in [2.75, 3.05) is 17.6 Å². The average Bonchev–Trinajstić information content (AvgIpc) is 3.35. The molecule has 1 fully saturated rings. The van der Waals surface area contributed by atoms with E-state index in [4.69, 9.17) is 4.98 Å². The fraction of sp³-hybridized carbons (Fsp3) is 0.577. The number of hydrogen-bond donors (Lipinski definition) is 2. The van der Waals surface area contributed by atoms with E-state index in [0.29, 0.717) is 17.0 Å². The van der Waals surface area contributed by atoms with E-state index < -0.39 is 15.8 Å². The maximum absolute atomic E-state index is 12.6. The van der Waals surface area contributed by atoms with Crippen LogP contribution >= 0.6 is 11.3 Å². The lowest BCUT2D eigenvalue weighted by molar-refractivity contribution is -0.143. The summed E-state index contributed by atoms with van der Waals surface area (Å²) in [4.78, 5) is 32.6. The summed E-state index contributed by atoms with van der Waals surface area (Å²) >= 11 is 1.52. The summed E-state index contributed by atoms with van der Waals surface area (Å²) in [5, 5.41) is 12.8. The van der Waals surface area contributed by atoms with Crippen molar-refractivity contribution in [2.24, 2.45) is 17.8 Å². The van der Waals surface area contributed by atoms with Crippen LogP contribution in [0, 0.1) is 17.8 Å². The van der Waals surface area contributed by atoms with E-state index in [9.17, 15) is 23.1 Å². The summed E-state index contributed by atoms with van der Waals surface area (Å²) in [5.41, 5.74) is 1.79. The highest BCUT2D eigenvalue weighted by Gasteiger charge is 2.38. The van der Waals surface area contributed by atoms with Crippen molar-refractivity contribution in [3.8, 4) is 0 Å². The number of carbonyl (C=O) groups is 2. The number of carbonyl (C=O) groups excluding carboxylic acids is 1. The van der Waals surface area contributed by atoms with Gasteiger partial charge in [0.05, 0.1) is 34.7 Å². The number of nitrogens with zero attached hydrogens (tertiary/aromatic N) is 2. The molecule has 0 spiro atoms. The van der Waals surface area contributed by atoms with Crippen molar-refractivity contribution in [1.82, 2.24) is 9.88 Å². The lowest BCUT2D eigenvalue weighted by atomic mass is 9.81. The van der Waals surface area contributed by atoms with Crippen molar-refractivity contribution in [2.45, 2.75) is 70.4 Å².